The quantitative estimate of drug-likeness (QED) is 0.569. The number of carbonyl (C=O) groups excluding carboxylic acids is 1. The van der Waals surface area contributed by atoms with Crippen LogP contribution in [0.3, 0.4) is 0 Å². The Morgan fingerprint density at radius 3 is 2.76 bits per heavy atom. The summed E-state index contributed by atoms with van der Waals surface area (Å²) < 4.78 is 28.9. The molecule has 0 fully saturated rings. The third-order valence-electron chi connectivity index (χ3n) is 3.22. The molecule has 5 nitrogen and oxygen atoms in total. The second-order valence-electron chi connectivity index (χ2n) is 4.89. The first kappa shape index (κ1) is 18.0. The number of carbonyl (C=O) groups is 1. The first-order valence-corrected chi connectivity index (χ1v) is 7.40. The first-order valence-electron chi connectivity index (χ1n) is 7.40. The smallest absolute Gasteiger partial charge is 0.331 e. The van der Waals surface area contributed by atoms with Crippen LogP contribution < -0.4 is 9.47 Å². The molecule has 0 heterocycles. The van der Waals surface area contributed by atoms with Crippen molar-refractivity contribution in [3.63, 3.8) is 0 Å². The Kier molecular flexibility index (Phi) is 6.55. The van der Waals surface area contributed by atoms with Crippen LogP contribution in [0.1, 0.15) is 11.1 Å². The minimum atomic E-state index is -0.591. The Morgan fingerprint density at radius 1 is 1.24 bits per heavy atom. The molecule has 25 heavy (non-hydrogen) atoms. The maximum atomic E-state index is 13.4. The summed E-state index contributed by atoms with van der Waals surface area (Å²) in [5.41, 5.74) is 0.994. The van der Waals surface area contributed by atoms with Crippen molar-refractivity contribution in [2.45, 2.75) is 6.61 Å². The highest BCUT2D eigenvalue weighted by atomic mass is 19.1. The number of ether oxygens (including phenoxy) is 3. The van der Waals surface area contributed by atoms with Crippen molar-refractivity contribution >= 4 is 12.0 Å². The molecule has 0 aromatic heterocycles. The molecule has 0 amide bonds. The van der Waals surface area contributed by atoms with Crippen molar-refractivity contribution in [3.05, 3.63) is 65.5 Å². The average Bonchev–Trinajstić information content (AvgIpc) is 2.64. The normalized spacial score (nSPS) is 10.3. The number of hydrogen-bond acceptors (Lipinski definition) is 5. The van der Waals surface area contributed by atoms with Crippen LogP contribution in [0.4, 0.5) is 4.39 Å². The van der Waals surface area contributed by atoms with Gasteiger partial charge >= 0.3 is 5.97 Å². The predicted octanol–water partition coefficient (Wildman–Crippen LogP) is 3.49. The standard InChI is InChI=1S/C19H16FNO4/c1-23-18-12-14(6-8-17(18)24-11-10-21)7-9-19(22)25-13-15-4-2-3-5-16(15)20/h2-9,12H,11,13H2,1H3/b9-7+. The molecule has 0 saturated carbocycles. The lowest BCUT2D eigenvalue weighted by Crippen LogP contribution is -2.02. The van der Waals surface area contributed by atoms with Crippen LogP contribution in [0.15, 0.2) is 48.5 Å². The highest BCUT2D eigenvalue weighted by Crippen LogP contribution is 2.28. The molecule has 0 radical (unpaired) electrons. The highest BCUT2D eigenvalue weighted by Gasteiger charge is 2.06. The number of methoxy groups -OCH3 is 1. The monoisotopic (exact) mass is 341 g/mol. The summed E-state index contributed by atoms with van der Waals surface area (Å²) in [6, 6.07) is 13.0. The van der Waals surface area contributed by atoms with E-state index >= 15 is 0 Å². The van der Waals surface area contributed by atoms with E-state index in [1.54, 1.807) is 42.5 Å². The van der Waals surface area contributed by atoms with Crippen molar-refractivity contribution in [3.8, 4) is 17.6 Å². The molecule has 0 saturated heterocycles. The molecule has 0 N–H and O–H groups in total. The summed E-state index contributed by atoms with van der Waals surface area (Å²) in [7, 11) is 1.48. The van der Waals surface area contributed by atoms with E-state index in [2.05, 4.69) is 0 Å². The van der Waals surface area contributed by atoms with Gasteiger partial charge in [0.25, 0.3) is 0 Å². The minimum absolute atomic E-state index is 0.0894. The van der Waals surface area contributed by atoms with Crippen molar-refractivity contribution in [2.75, 3.05) is 13.7 Å². The molecule has 128 valence electrons. The Bertz CT molecular complexity index is 811. The molecular formula is C19H16FNO4. The molecule has 2 aromatic rings. The summed E-state index contributed by atoms with van der Waals surface area (Å²) in [6.45, 7) is -0.228. The lowest BCUT2D eigenvalue weighted by atomic mass is 10.2. The van der Waals surface area contributed by atoms with Gasteiger partial charge in [0, 0.05) is 11.6 Å². The fraction of sp³-hybridized carbons (Fsp3) is 0.158. The third kappa shape index (κ3) is 5.36. The highest BCUT2D eigenvalue weighted by molar-refractivity contribution is 5.87. The van der Waals surface area contributed by atoms with Crippen LogP contribution in [-0.2, 0) is 16.1 Å². The number of nitriles is 1. The van der Waals surface area contributed by atoms with Crippen LogP contribution in [-0.4, -0.2) is 19.7 Å². The Morgan fingerprint density at radius 2 is 2.04 bits per heavy atom. The van der Waals surface area contributed by atoms with Gasteiger partial charge in [-0.05, 0) is 29.8 Å². The van der Waals surface area contributed by atoms with E-state index < -0.39 is 11.8 Å². The second kappa shape index (κ2) is 9.08. The Labute approximate surface area is 144 Å². The third-order valence-corrected chi connectivity index (χ3v) is 3.22. The molecule has 0 atom stereocenters. The number of esters is 1. The fourth-order valence-corrected chi connectivity index (χ4v) is 1.99. The minimum Gasteiger partial charge on any atom is -0.493 e. The summed E-state index contributed by atoms with van der Waals surface area (Å²) in [6.07, 6.45) is 2.78. The van der Waals surface area contributed by atoms with E-state index in [0.717, 1.165) is 0 Å². The molecule has 0 aliphatic carbocycles. The second-order valence-corrected chi connectivity index (χ2v) is 4.89. The maximum absolute atomic E-state index is 13.4. The zero-order valence-electron chi connectivity index (χ0n) is 13.6. The largest absolute Gasteiger partial charge is 0.493 e. The van der Waals surface area contributed by atoms with Gasteiger partial charge in [-0.1, -0.05) is 24.3 Å². The molecular weight excluding hydrogens is 325 g/mol. The van der Waals surface area contributed by atoms with Crippen molar-refractivity contribution in [1.82, 2.24) is 0 Å². The van der Waals surface area contributed by atoms with Gasteiger partial charge in [-0.3, -0.25) is 0 Å². The summed E-state index contributed by atoms with van der Waals surface area (Å²) in [4.78, 5) is 11.7. The van der Waals surface area contributed by atoms with Crippen molar-refractivity contribution < 1.29 is 23.4 Å². The van der Waals surface area contributed by atoms with Crippen LogP contribution in [0.2, 0.25) is 0 Å². The number of nitrogens with zero attached hydrogens (tertiary/aromatic N) is 1. The lowest BCUT2D eigenvalue weighted by Gasteiger charge is -2.08. The molecule has 0 spiro atoms. The number of rotatable bonds is 7. The average molecular weight is 341 g/mol. The topological polar surface area (TPSA) is 68.6 Å². The van der Waals surface area contributed by atoms with Gasteiger partial charge in [-0.2, -0.15) is 5.26 Å². The molecule has 6 heteroatoms. The predicted molar refractivity (Wildman–Crippen MR) is 89.3 cm³/mol. The van der Waals surface area contributed by atoms with E-state index in [4.69, 9.17) is 19.5 Å². The van der Waals surface area contributed by atoms with Crippen LogP contribution in [0.5, 0.6) is 11.5 Å². The van der Waals surface area contributed by atoms with Gasteiger partial charge < -0.3 is 14.2 Å². The SMILES string of the molecule is COc1cc(/C=C/C(=O)OCc2ccccc2F)ccc1OCC#N. The maximum Gasteiger partial charge on any atom is 0.331 e. The van der Waals surface area contributed by atoms with Gasteiger partial charge in [0.15, 0.2) is 18.1 Å². The van der Waals surface area contributed by atoms with E-state index in [1.165, 1.54) is 19.3 Å². The number of benzene rings is 2. The van der Waals surface area contributed by atoms with E-state index in [1.807, 2.05) is 6.07 Å². The van der Waals surface area contributed by atoms with Crippen molar-refractivity contribution in [2.24, 2.45) is 0 Å². The summed E-state index contributed by atoms with van der Waals surface area (Å²) in [5, 5.41) is 8.54. The van der Waals surface area contributed by atoms with Gasteiger partial charge in [0.05, 0.1) is 7.11 Å². The fourth-order valence-electron chi connectivity index (χ4n) is 1.99. The van der Waals surface area contributed by atoms with Gasteiger partial charge in [0.1, 0.15) is 18.5 Å². The summed E-state index contributed by atoms with van der Waals surface area (Å²) >= 11 is 0. The van der Waals surface area contributed by atoms with Crippen LogP contribution in [0.25, 0.3) is 6.08 Å². The molecule has 2 aromatic carbocycles. The van der Waals surface area contributed by atoms with E-state index in [-0.39, 0.29) is 13.2 Å². The van der Waals surface area contributed by atoms with Crippen LogP contribution >= 0.6 is 0 Å². The van der Waals surface area contributed by atoms with Crippen molar-refractivity contribution in [1.29, 1.82) is 5.26 Å². The zero-order valence-corrected chi connectivity index (χ0v) is 13.6. The van der Waals surface area contributed by atoms with E-state index in [0.29, 0.717) is 22.6 Å². The Hall–Kier alpha value is -3.33. The molecule has 0 aliphatic rings. The Balaban J connectivity index is 1.97. The number of halogens is 1. The van der Waals surface area contributed by atoms with Gasteiger partial charge in [0.2, 0.25) is 0 Å². The van der Waals surface area contributed by atoms with Gasteiger partial charge in [-0.15, -0.1) is 0 Å². The molecule has 0 aliphatic heterocycles. The molecule has 2 rings (SSSR count). The van der Waals surface area contributed by atoms with Gasteiger partial charge in [-0.25, -0.2) is 9.18 Å². The first-order chi connectivity index (χ1) is 12.1. The zero-order chi connectivity index (χ0) is 18.1. The molecule has 0 bridgehead atoms. The summed E-state index contributed by atoms with van der Waals surface area (Å²) in [5.74, 6) is -0.135. The number of hydrogen-bond donors (Lipinski definition) is 0. The lowest BCUT2D eigenvalue weighted by molar-refractivity contribution is -0.138. The molecule has 0 unspecified atom stereocenters. The van der Waals surface area contributed by atoms with E-state index in [9.17, 15) is 9.18 Å². The van der Waals surface area contributed by atoms with Crippen LogP contribution in [0, 0.1) is 17.1 Å².